The van der Waals surface area contributed by atoms with Crippen molar-refractivity contribution in [2.45, 2.75) is 12.5 Å². The SMILES string of the molecule is NC1CCOc2ncc(Br)cc21. The predicted octanol–water partition coefficient (Wildman–Crippen LogP) is 1.63. The lowest BCUT2D eigenvalue weighted by Gasteiger charge is -2.21. The highest BCUT2D eigenvalue weighted by Gasteiger charge is 2.18. The van der Waals surface area contributed by atoms with Crippen LogP contribution in [0.25, 0.3) is 0 Å². The van der Waals surface area contributed by atoms with E-state index in [0.717, 1.165) is 16.5 Å². The van der Waals surface area contributed by atoms with Gasteiger partial charge in [-0.3, -0.25) is 0 Å². The van der Waals surface area contributed by atoms with Crippen LogP contribution >= 0.6 is 15.9 Å². The van der Waals surface area contributed by atoms with Crippen molar-refractivity contribution in [3.63, 3.8) is 0 Å². The molecule has 0 radical (unpaired) electrons. The van der Waals surface area contributed by atoms with E-state index in [1.165, 1.54) is 0 Å². The van der Waals surface area contributed by atoms with Crippen molar-refractivity contribution >= 4 is 15.9 Å². The summed E-state index contributed by atoms with van der Waals surface area (Å²) in [6.07, 6.45) is 2.59. The molecule has 0 aliphatic carbocycles. The van der Waals surface area contributed by atoms with Gasteiger partial charge >= 0.3 is 0 Å². The van der Waals surface area contributed by atoms with Gasteiger partial charge in [0.15, 0.2) is 0 Å². The highest BCUT2D eigenvalue weighted by Crippen LogP contribution is 2.30. The lowest BCUT2D eigenvalue weighted by atomic mass is 10.1. The maximum Gasteiger partial charge on any atom is 0.218 e. The molecule has 64 valence electrons. The normalized spacial score (nSPS) is 21.3. The first-order valence-electron chi connectivity index (χ1n) is 3.81. The van der Waals surface area contributed by atoms with Gasteiger partial charge in [-0.15, -0.1) is 0 Å². The molecule has 2 N–H and O–H groups in total. The molecule has 0 saturated heterocycles. The second-order valence-electron chi connectivity index (χ2n) is 2.79. The number of ether oxygens (including phenoxy) is 1. The fourth-order valence-corrected chi connectivity index (χ4v) is 1.62. The molecule has 1 aromatic rings. The van der Waals surface area contributed by atoms with E-state index < -0.39 is 0 Å². The van der Waals surface area contributed by atoms with E-state index in [1.807, 2.05) is 6.07 Å². The van der Waals surface area contributed by atoms with E-state index in [9.17, 15) is 0 Å². The zero-order valence-corrected chi connectivity index (χ0v) is 8.04. The van der Waals surface area contributed by atoms with Crippen molar-refractivity contribution in [1.82, 2.24) is 4.98 Å². The van der Waals surface area contributed by atoms with Crippen molar-refractivity contribution in [3.8, 4) is 5.88 Å². The zero-order valence-electron chi connectivity index (χ0n) is 6.46. The largest absolute Gasteiger partial charge is 0.477 e. The maximum absolute atomic E-state index is 5.87. The van der Waals surface area contributed by atoms with Crippen molar-refractivity contribution in [2.75, 3.05) is 6.61 Å². The molecular weight excluding hydrogens is 220 g/mol. The van der Waals surface area contributed by atoms with E-state index in [0.29, 0.717) is 12.5 Å². The number of pyridine rings is 1. The molecule has 0 spiro atoms. The molecule has 2 rings (SSSR count). The molecule has 1 aliphatic heterocycles. The number of aromatic nitrogens is 1. The Hall–Kier alpha value is -0.610. The molecule has 1 atom stereocenters. The lowest BCUT2D eigenvalue weighted by Crippen LogP contribution is -2.21. The van der Waals surface area contributed by atoms with Gasteiger partial charge in [-0.1, -0.05) is 0 Å². The first-order valence-corrected chi connectivity index (χ1v) is 4.60. The molecule has 1 unspecified atom stereocenters. The Morgan fingerprint density at radius 1 is 1.67 bits per heavy atom. The first-order chi connectivity index (χ1) is 5.77. The van der Waals surface area contributed by atoms with Gasteiger partial charge in [-0.25, -0.2) is 4.98 Å². The highest BCUT2D eigenvalue weighted by molar-refractivity contribution is 9.10. The minimum Gasteiger partial charge on any atom is -0.477 e. The topological polar surface area (TPSA) is 48.1 Å². The summed E-state index contributed by atoms with van der Waals surface area (Å²) < 4.78 is 6.28. The van der Waals surface area contributed by atoms with Crippen LogP contribution < -0.4 is 10.5 Å². The molecule has 1 aromatic heterocycles. The van der Waals surface area contributed by atoms with Crippen LogP contribution in [0.15, 0.2) is 16.7 Å². The smallest absolute Gasteiger partial charge is 0.218 e. The predicted molar refractivity (Wildman–Crippen MR) is 49.0 cm³/mol. The van der Waals surface area contributed by atoms with Gasteiger partial charge in [0, 0.05) is 28.7 Å². The quantitative estimate of drug-likeness (QED) is 0.735. The Balaban J connectivity index is 2.47. The van der Waals surface area contributed by atoms with Crippen LogP contribution in [0.5, 0.6) is 5.88 Å². The monoisotopic (exact) mass is 228 g/mol. The molecule has 0 saturated carbocycles. The molecule has 0 bridgehead atoms. The third kappa shape index (κ3) is 1.32. The van der Waals surface area contributed by atoms with E-state index in [1.54, 1.807) is 6.20 Å². The van der Waals surface area contributed by atoms with Crippen molar-refractivity contribution in [3.05, 3.63) is 22.3 Å². The van der Waals surface area contributed by atoms with E-state index in [4.69, 9.17) is 10.5 Å². The number of hydrogen-bond donors (Lipinski definition) is 1. The van der Waals surface area contributed by atoms with Gasteiger partial charge < -0.3 is 10.5 Å². The number of nitrogens with two attached hydrogens (primary N) is 1. The summed E-state index contributed by atoms with van der Waals surface area (Å²) in [5.74, 6) is 0.678. The first kappa shape index (κ1) is 8.01. The number of hydrogen-bond acceptors (Lipinski definition) is 3. The highest BCUT2D eigenvalue weighted by atomic mass is 79.9. The zero-order chi connectivity index (χ0) is 8.55. The molecular formula is C8H9BrN2O. The van der Waals surface area contributed by atoms with E-state index >= 15 is 0 Å². The molecule has 3 nitrogen and oxygen atoms in total. The number of halogens is 1. The molecule has 0 fully saturated rings. The maximum atomic E-state index is 5.87. The average Bonchev–Trinajstić information content (AvgIpc) is 2.07. The molecule has 12 heavy (non-hydrogen) atoms. The Morgan fingerprint density at radius 2 is 2.50 bits per heavy atom. The minimum atomic E-state index is 0.0683. The summed E-state index contributed by atoms with van der Waals surface area (Å²) >= 11 is 3.34. The number of fused-ring (bicyclic) bond motifs is 1. The fraction of sp³-hybridized carbons (Fsp3) is 0.375. The summed E-state index contributed by atoms with van der Waals surface area (Å²) in [6.45, 7) is 0.669. The molecule has 2 heterocycles. The van der Waals surface area contributed by atoms with Crippen LogP contribution in [0.4, 0.5) is 0 Å². The summed E-state index contributed by atoms with van der Waals surface area (Å²) in [4.78, 5) is 4.12. The third-order valence-electron chi connectivity index (χ3n) is 1.91. The summed E-state index contributed by atoms with van der Waals surface area (Å²) in [5, 5.41) is 0. The molecule has 1 aliphatic rings. The third-order valence-corrected chi connectivity index (χ3v) is 2.35. The lowest BCUT2D eigenvalue weighted by molar-refractivity contribution is 0.257. The van der Waals surface area contributed by atoms with Gasteiger partial charge in [0.1, 0.15) is 0 Å². The fourth-order valence-electron chi connectivity index (χ4n) is 1.27. The van der Waals surface area contributed by atoms with Crippen molar-refractivity contribution in [2.24, 2.45) is 5.73 Å². The van der Waals surface area contributed by atoms with Gasteiger partial charge in [-0.2, -0.15) is 0 Å². The second kappa shape index (κ2) is 3.03. The van der Waals surface area contributed by atoms with Gasteiger partial charge in [0.25, 0.3) is 0 Å². The standard InChI is InChI=1S/C8H9BrN2O/c9-5-3-6-7(10)1-2-12-8(6)11-4-5/h3-4,7H,1-2,10H2. The van der Waals surface area contributed by atoms with Gasteiger partial charge in [0.2, 0.25) is 5.88 Å². The number of nitrogens with zero attached hydrogens (tertiary/aromatic N) is 1. The Morgan fingerprint density at radius 3 is 3.33 bits per heavy atom. The Kier molecular flexibility index (Phi) is 2.02. The molecule has 4 heteroatoms. The van der Waals surface area contributed by atoms with Gasteiger partial charge in [-0.05, 0) is 22.0 Å². The van der Waals surface area contributed by atoms with Crippen LogP contribution in [0, 0.1) is 0 Å². The summed E-state index contributed by atoms with van der Waals surface area (Å²) in [7, 11) is 0. The summed E-state index contributed by atoms with van der Waals surface area (Å²) in [5.41, 5.74) is 6.87. The number of rotatable bonds is 0. The molecule has 0 amide bonds. The van der Waals surface area contributed by atoms with Crippen molar-refractivity contribution < 1.29 is 4.74 Å². The van der Waals surface area contributed by atoms with Crippen LogP contribution in [-0.4, -0.2) is 11.6 Å². The van der Waals surface area contributed by atoms with Crippen LogP contribution in [-0.2, 0) is 0 Å². The van der Waals surface area contributed by atoms with E-state index in [2.05, 4.69) is 20.9 Å². The molecule has 0 aromatic carbocycles. The van der Waals surface area contributed by atoms with Crippen molar-refractivity contribution in [1.29, 1.82) is 0 Å². The van der Waals surface area contributed by atoms with Gasteiger partial charge in [0.05, 0.1) is 6.61 Å². The van der Waals surface area contributed by atoms with E-state index in [-0.39, 0.29) is 6.04 Å². The Labute approximate surface area is 79.1 Å². The van der Waals surface area contributed by atoms with Crippen LogP contribution in [0.1, 0.15) is 18.0 Å². The Bertz CT molecular complexity index is 303. The second-order valence-corrected chi connectivity index (χ2v) is 3.71. The minimum absolute atomic E-state index is 0.0683. The van der Waals surface area contributed by atoms with Crippen LogP contribution in [0.2, 0.25) is 0 Å². The summed E-state index contributed by atoms with van der Waals surface area (Å²) in [6, 6.07) is 2.03. The van der Waals surface area contributed by atoms with Crippen LogP contribution in [0.3, 0.4) is 0 Å². The average molecular weight is 229 g/mol.